The van der Waals surface area contributed by atoms with E-state index in [2.05, 4.69) is 10.1 Å². The number of halogens is 1. The van der Waals surface area contributed by atoms with Crippen molar-refractivity contribution in [3.63, 3.8) is 0 Å². The average molecular weight is 312 g/mol. The summed E-state index contributed by atoms with van der Waals surface area (Å²) in [6.45, 7) is 7.79. The lowest BCUT2D eigenvalue weighted by molar-refractivity contribution is -0.122. The maximum Gasteiger partial charge on any atom is 0.240 e. The smallest absolute Gasteiger partial charge is 0.240 e. The van der Waals surface area contributed by atoms with Gasteiger partial charge >= 0.3 is 0 Å². The van der Waals surface area contributed by atoms with E-state index in [1.807, 2.05) is 39.3 Å². The van der Waals surface area contributed by atoms with Gasteiger partial charge in [-0.2, -0.15) is 5.10 Å². The third-order valence-corrected chi connectivity index (χ3v) is 3.85. The Labute approximate surface area is 129 Å². The first-order chi connectivity index (χ1) is 9.79. The molecule has 6 nitrogen and oxygen atoms in total. The van der Waals surface area contributed by atoms with Crippen LogP contribution in [-0.4, -0.2) is 25.2 Å². The van der Waals surface area contributed by atoms with Gasteiger partial charge in [0.15, 0.2) is 5.65 Å². The third kappa shape index (κ3) is 2.52. The number of nitrogens with two attached hydrogens (primary N) is 1. The van der Waals surface area contributed by atoms with Gasteiger partial charge in [-0.1, -0.05) is 20.8 Å². The molecule has 7 heteroatoms. The van der Waals surface area contributed by atoms with Gasteiger partial charge in [-0.15, -0.1) is 11.6 Å². The molecule has 0 saturated heterocycles. The lowest BCUT2D eigenvalue weighted by Gasteiger charge is -2.22. The fourth-order valence-electron chi connectivity index (χ4n) is 2.77. The van der Waals surface area contributed by atoms with E-state index >= 15 is 0 Å². The Morgan fingerprint density at radius 3 is 2.43 bits per heavy atom. The van der Waals surface area contributed by atoms with Crippen LogP contribution in [0.1, 0.15) is 50.6 Å². The van der Waals surface area contributed by atoms with Gasteiger partial charge in [-0.25, -0.2) is 4.98 Å². The fourth-order valence-corrected chi connectivity index (χ4v) is 2.92. The van der Waals surface area contributed by atoms with E-state index < -0.39 is 6.04 Å². The lowest BCUT2D eigenvalue weighted by Crippen LogP contribution is -2.32. The largest absolute Gasteiger partial charge is 0.368 e. The van der Waals surface area contributed by atoms with E-state index in [1.165, 1.54) is 0 Å². The second-order valence-electron chi connectivity index (χ2n) is 5.64. The van der Waals surface area contributed by atoms with Crippen molar-refractivity contribution in [1.82, 2.24) is 19.3 Å². The molecule has 0 fully saturated rings. The van der Waals surface area contributed by atoms with Crippen molar-refractivity contribution in [2.75, 3.05) is 0 Å². The van der Waals surface area contributed by atoms with E-state index in [1.54, 1.807) is 4.68 Å². The van der Waals surface area contributed by atoms with Gasteiger partial charge in [-0.05, 0) is 19.3 Å². The summed E-state index contributed by atoms with van der Waals surface area (Å²) in [7, 11) is 1.85. The highest BCUT2D eigenvalue weighted by atomic mass is 35.5. The van der Waals surface area contributed by atoms with Gasteiger partial charge in [-0.3, -0.25) is 14.0 Å². The summed E-state index contributed by atoms with van der Waals surface area (Å²) in [6, 6.07) is -0.494. The molecule has 1 amide bonds. The highest BCUT2D eigenvalue weighted by Crippen LogP contribution is 2.32. The number of hydrogen-bond donors (Lipinski definition) is 1. The van der Waals surface area contributed by atoms with Crippen LogP contribution < -0.4 is 5.73 Å². The summed E-state index contributed by atoms with van der Waals surface area (Å²) in [5.74, 6) is 0.308. The van der Waals surface area contributed by atoms with Crippen molar-refractivity contribution in [2.45, 2.75) is 45.5 Å². The summed E-state index contributed by atoms with van der Waals surface area (Å²) in [4.78, 5) is 16.6. The predicted molar refractivity (Wildman–Crippen MR) is 83.2 cm³/mol. The van der Waals surface area contributed by atoms with Crippen LogP contribution in [0, 0.1) is 5.92 Å². The van der Waals surface area contributed by atoms with Crippen LogP contribution in [0.5, 0.6) is 0 Å². The number of imidazole rings is 1. The number of carbonyl (C=O) groups excluding carboxylic acids is 1. The van der Waals surface area contributed by atoms with E-state index in [0.717, 1.165) is 23.3 Å². The fraction of sp³-hybridized carbons (Fsp3) is 0.643. The van der Waals surface area contributed by atoms with Crippen LogP contribution in [0.15, 0.2) is 0 Å². The second-order valence-corrected chi connectivity index (χ2v) is 6.30. The molecule has 2 N–H and O–H groups in total. The topological polar surface area (TPSA) is 78.7 Å². The minimum absolute atomic E-state index is 0.0362. The monoisotopic (exact) mass is 311 g/mol. The number of carbonyl (C=O) groups is 1. The summed E-state index contributed by atoms with van der Waals surface area (Å²) >= 11 is 6.27. The molecule has 0 aromatic carbocycles. The maximum absolute atomic E-state index is 11.9. The first kappa shape index (κ1) is 15.8. The molecule has 0 spiro atoms. The summed E-state index contributed by atoms with van der Waals surface area (Å²) in [5, 5.41) is 4.15. The molecule has 0 radical (unpaired) electrons. The molecule has 0 aliphatic heterocycles. The Bertz CT molecular complexity index is 670. The van der Waals surface area contributed by atoms with Gasteiger partial charge in [0.05, 0.1) is 11.1 Å². The standard InChI is InChI=1S/C14H22ClN5O/c1-6-9-10-14(19(5)18-9)20(13(17-10)8(4)15)11(7(2)3)12(16)21/h7-8,11H,6H2,1-5H3,(H2,16,21). The van der Waals surface area contributed by atoms with Crippen molar-refractivity contribution >= 4 is 28.7 Å². The minimum Gasteiger partial charge on any atom is -0.368 e. The molecule has 21 heavy (non-hydrogen) atoms. The molecule has 116 valence electrons. The Morgan fingerprint density at radius 2 is 2.00 bits per heavy atom. The van der Waals surface area contributed by atoms with Crippen molar-refractivity contribution in [1.29, 1.82) is 0 Å². The van der Waals surface area contributed by atoms with E-state index in [4.69, 9.17) is 17.3 Å². The normalized spacial score (nSPS) is 14.8. The quantitative estimate of drug-likeness (QED) is 0.861. The Kier molecular flexibility index (Phi) is 4.27. The molecule has 0 aliphatic rings. The lowest BCUT2D eigenvalue weighted by atomic mass is 10.0. The van der Waals surface area contributed by atoms with Gasteiger partial charge in [0.1, 0.15) is 17.4 Å². The molecule has 0 saturated carbocycles. The first-order valence-electron chi connectivity index (χ1n) is 7.16. The predicted octanol–water partition coefficient (Wildman–Crippen LogP) is 2.31. The van der Waals surface area contributed by atoms with Crippen LogP contribution in [0.2, 0.25) is 0 Å². The molecule has 2 unspecified atom stereocenters. The molecule has 2 heterocycles. The van der Waals surface area contributed by atoms with Gasteiger partial charge < -0.3 is 5.73 Å². The first-order valence-corrected chi connectivity index (χ1v) is 7.60. The maximum atomic E-state index is 11.9. The molecule has 0 bridgehead atoms. The average Bonchev–Trinajstić information content (AvgIpc) is 2.88. The number of alkyl halides is 1. The van der Waals surface area contributed by atoms with E-state index in [0.29, 0.717) is 5.82 Å². The Morgan fingerprint density at radius 1 is 1.38 bits per heavy atom. The Balaban J connectivity index is 2.83. The zero-order chi connectivity index (χ0) is 15.9. The zero-order valence-corrected chi connectivity index (χ0v) is 13.8. The number of aromatic nitrogens is 4. The summed E-state index contributed by atoms with van der Waals surface area (Å²) < 4.78 is 3.61. The van der Waals surface area contributed by atoms with Gasteiger partial charge in [0.25, 0.3) is 0 Å². The number of aryl methyl sites for hydroxylation is 2. The molecule has 2 aromatic heterocycles. The molecule has 2 rings (SSSR count). The summed E-state index contributed by atoms with van der Waals surface area (Å²) in [6.07, 6.45) is 0.771. The number of rotatable bonds is 5. The number of fused-ring (bicyclic) bond motifs is 1. The number of nitrogens with zero attached hydrogens (tertiary/aromatic N) is 4. The molecular formula is C14H22ClN5O. The van der Waals surface area contributed by atoms with E-state index in [-0.39, 0.29) is 17.2 Å². The molecular weight excluding hydrogens is 290 g/mol. The van der Waals surface area contributed by atoms with Crippen molar-refractivity contribution in [3.05, 3.63) is 11.5 Å². The van der Waals surface area contributed by atoms with Crippen LogP contribution in [0.3, 0.4) is 0 Å². The van der Waals surface area contributed by atoms with Crippen molar-refractivity contribution in [2.24, 2.45) is 18.7 Å². The SMILES string of the molecule is CCc1nn(C)c2c1nc(C(C)Cl)n2C(C(N)=O)C(C)C. The molecule has 2 atom stereocenters. The molecule has 0 aliphatic carbocycles. The number of amides is 1. The van der Waals surface area contributed by atoms with Crippen LogP contribution in [-0.2, 0) is 18.3 Å². The third-order valence-electron chi connectivity index (χ3n) is 3.66. The van der Waals surface area contributed by atoms with Crippen molar-refractivity contribution in [3.8, 4) is 0 Å². The number of hydrogen-bond acceptors (Lipinski definition) is 3. The Hall–Kier alpha value is -1.56. The van der Waals surface area contributed by atoms with Gasteiger partial charge in [0, 0.05) is 7.05 Å². The summed E-state index contributed by atoms with van der Waals surface area (Å²) in [5.41, 5.74) is 8.12. The van der Waals surface area contributed by atoms with Crippen molar-refractivity contribution < 1.29 is 4.79 Å². The van der Waals surface area contributed by atoms with Crippen LogP contribution in [0.4, 0.5) is 0 Å². The second kappa shape index (κ2) is 5.67. The highest BCUT2D eigenvalue weighted by Gasteiger charge is 2.30. The number of primary amides is 1. The van der Waals surface area contributed by atoms with Crippen LogP contribution in [0.25, 0.3) is 11.2 Å². The minimum atomic E-state index is -0.494. The highest BCUT2D eigenvalue weighted by molar-refractivity contribution is 6.20. The van der Waals surface area contributed by atoms with Gasteiger partial charge in [0.2, 0.25) is 5.91 Å². The van der Waals surface area contributed by atoms with Crippen LogP contribution >= 0.6 is 11.6 Å². The zero-order valence-electron chi connectivity index (χ0n) is 13.1. The van der Waals surface area contributed by atoms with E-state index in [9.17, 15) is 4.79 Å². The molecule has 2 aromatic rings.